The van der Waals surface area contributed by atoms with Crippen LogP contribution in [0.1, 0.15) is 11.3 Å². The minimum absolute atomic E-state index is 0.0999. The molecular formula is C26H22N4O2S. The SMILES string of the molecule is COc1cccc(-c2csc(-n3nc(C)cc3NC(=O)Cc3cccc4ccccc34)n2)c1. The lowest BCUT2D eigenvalue weighted by Gasteiger charge is -2.09. The zero-order valence-corrected chi connectivity index (χ0v) is 19.1. The number of anilines is 1. The fourth-order valence-corrected chi connectivity index (χ4v) is 4.61. The number of fused-ring (bicyclic) bond motifs is 1. The van der Waals surface area contributed by atoms with Crippen molar-refractivity contribution in [2.24, 2.45) is 0 Å². The fraction of sp³-hybridized carbons (Fsp3) is 0.115. The van der Waals surface area contributed by atoms with Crippen molar-refractivity contribution in [1.29, 1.82) is 0 Å². The number of thiazole rings is 1. The molecule has 0 saturated heterocycles. The Morgan fingerprint density at radius 3 is 2.76 bits per heavy atom. The number of nitrogens with one attached hydrogen (secondary N) is 1. The van der Waals surface area contributed by atoms with Crippen molar-refractivity contribution in [3.63, 3.8) is 0 Å². The second-order valence-corrected chi connectivity index (χ2v) is 8.53. The molecule has 0 fully saturated rings. The summed E-state index contributed by atoms with van der Waals surface area (Å²) in [4.78, 5) is 17.7. The van der Waals surface area contributed by atoms with E-state index in [0.29, 0.717) is 10.9 Å². The molecule has 2 aromatic heterocycles. The summed E-state index contributed by atoms with van der Waals surface area (Å²) in [5.41, 5.74) is 3.58. The van der Waals surface area contributed by atoms with Crippen LogP contribution in [0.25, 0.3) is 27.2 Å². The third-order valence-electron chi connectivity index (χ3n) is 5.37. The predicted octanol–water partition coefficient (Wildman–Crippen LogP) is 5.65. The number of hydrogen-bond donors (Lipinski definition) is 1. The van der Waals surface area contributed by atoms with E-state index in [1.807, 2.05) is 73.0 Å². The summed E-state index contributed by atoms with van der Waals surface area (Å²) in [5, 5.41) is 12.4. The Morgan fingerprint density at radius 2 is 1.88 bits per heavy atom. The molecule has 5 rings (SSSR count). The van der Waals surface area contributed by atoms with Crippen LogP contribution in [-0.2, 0) is 11.2 Å². The quantitative estimate of drug-likeness (QED) is 0.360. The minimum atomic E-state index is -0.0999. The first-order chi connectivity index (χ1) is 16.1. The number of nitrogens with zero attached hydrogens (tertiary/aromatic N) is 3. The maximum absolute atomic E-state index is 12.9. The monoisotopic (exact) mass is 454 g/mol. The number of benzene rings is 3. The summed E-state index contributed by atoms with van der Waals surface area (Å²) in [6.45, 7) is 1.90. The molecular weight excluding hydrogens is 432 g/mol. The van der Waals surface area contributed by atoms with Gasteiger partial charge in [0.1, 0.15) is 11.6 Å². The first-order valence-electron chi connectivity index (χ1n) is 10.5. The van der Waals surface area contributed by atoms with E-state index < -0.39 is 0 Å². The topological polar surface area (TPSA) is 69.0 Å². The lowest BCUT2D eigenvalue weighted by Crippen LogP contribution is -2.17. The molecule has 7 heteroatoms. The van der Waals surface area contributed by atoms with Gasteiger partial charge in [0, 0.05) is 17.0 Å². The number of ether oxygens (including phenoxy) is 1. The van der Waals surface area contributed by atoms with E-state index in [0.717, 1.165) is 39.0 Å². The highest BCUT2D eigenvalue weighted by Crippen LogP contribution is 2.28. The Kier molecular flexibility index (Phi) is 5.62. The van der Waals surface area contributed by atoms with Crippen molar-refractivity contribution in [2.75, 3.05) is 12.4 Å². The maximum atomic E-state index is 12.9. The summed E-state index contributed by atoms with van der Waals surface area (Å²) in [5.74, 6) is 1.28. The molecule has 0 aliphatic rings. The van der Waals surface area contributed by atoms with E-state index in [4.69, 9.17) is 9.72 Å². The lowest BCUT2D eigenvalue weighted by molar-refractivity contribution is -0.115. The second-order valence-electron chi connectivity index (χ2n) is 7.69. The fourth-order valence-electron chi connectivity index (χ4n) is 3.82. The van der Waals surface area contributed by atoms with Crippen LogP contribution < -0.4 is 10.1 Å². The molecule has 33 heavy (non-hydrogen) atoms. The number of amides is 1. The van der Waals surface area contributed by atoms with Crippen molar-refractivity contribution in [1.82, 2.24) is 14.8 Å². The molecule has 164 valence electrons. The van der Waals surface area contributed by atoms with E-state index in [1.165, 1.54) is 11.3 Å². The lowest BCUT2D eigenvalue weighted by atomic mass is 10.0. The molecule has 0 radical (unpaired) electrons. The molecule has 1 N–H and O–H groups in total. The van der Waals surface area contributed by atoms with Gasteiger partial charge in [0.2, 0.25) is 11.0 Å². The summed E-state index contributed by atoms with van der Waals surface area (Å²) >= 11 is 1.47. The Labute approximate surface area is 195 Å². The maximum Gasteiger partial charge on any atom is 0.229 e. The first-order valence-corrected chi connectivity index (χ1v) is 11.4. The molecule has 3 aromatic carbocycles. The highest BCUT2D eigenvalue weighted by Gasteiger charge is 2.15. The van der Waals surface area contributed by atoms with Crippen LogP contribution in [0.4, 0.5) is 5.82 Å². The number of hydrogen-bond acceptors (Lipinski definition) is 5. The van der Waals surface area contributed by atoms with Crippen LogP contribution >= 0.6 is 11.3 Å². The highest BCUT2D eigenvalue weighted by atomic mass is 32.1. The molecule has 0 saturated carbocycles. The summed E-state index contributed by atoms with van der Waals surface area (Å²) in [6, 6.07) is 23.7. The number of aromatic nitrogens is 3. The van der Waals surface area contributed by atoms with Gasteiger partial charge in [-0.15, -0.1) is 11.3 Å². The second kappa shape index (κ2) is 8.88. The van der Waals surface area contributed by atoms with Gasteiger partial charge in [-0.3, -0.25) is 4.79 Å². The molecule has 1 amide bonds. The summed E-state index contributed by atoms with van der Waals surface area (Å²) < 4.78 is 7.01. The molecule has 0 spiro atoms. The third-order valence-corrected chi connectivity index (χ3v) is 6.18. The molecule has 0 atom stereocenters. The predicted molar refractivity (Wildman–Crippen MR) is 132 cm³/mol. The van der Waals surface area contributed by atoms with Crippen LogP contribution in [-0.4, -0.2) is 27.8 Å². The van der Waals surface area contributed by atoms with Gasteiger partial charge in [-0.05, 0) is 35.4 Å². The molecule has 0 aliphatic heterocycles. The van der Waals surface area contributed by atoms with Crippen LogP contribution in [0.15, 0.2) is 78.2 Å². The van der Waals surface area contributed by atoms with Gasteiger partial charge >= 0.3 is 0 Å². The first kappa shape index (κ1) is 20.9. The van der Waals surface area contributed by atoms with Gasteiger partial charge in [-0.2, -0.15) is 9.78 Å². The van der Waals surface area contributed by atoms with Gasteiger partial charge < -0.3 is 10.1 Å². The number of aryl methyl sites for hydroxylation is 1. The van der Waals surface area contributed by atoms with E-state index in [1.54, 1.807) is 11.8 Å². The zero-order chi connectivity index (χ0) is 22.8. The summed E-state index contributed by atoms with van der Waals surface area (Å²) in [6.07, 6.45) is 0.276. The Hall–Kier alpha value is -3.97. The van der Waals surface area contributed by atoms with E-state index in [-0.39, 0.29) is 12.3 Å². The minimum Gasteiger partial charge on any atom is -0.497 e. The van der Waals surface area contributed by atoms with E-state index in [9.17, 15) is 4.79 Å². The number of carbonyl (C=O) groups is 1. The number of methoxy groups -OCH3 is 1. The highest BCUT2D eigenvalue weighted by molar-refractivity contribution is 7.12. The van der Waals surface area contributed by atoms with Gasteiger partial charge in [0.15, 0.2) is 0 Å². The Morgan fingerprint density at radius 1 is 1.06 bits per heavy atom. The zero-order valence-electron chi connectivity index (χ0n) is 18.3. The van der Waals surface area contributed by atoms with Crippen molar-refractivity contribution >= 4 is 33.8 Å². The Bertz CT molecular complexity index is 1450. The van der Waals surface area contributed by atoms with Crippen LogP contribution in [0.2, 0.25) is 0 Å². The Balaban J connectivity index is 1.39. The largest absolute Gasteiger partial charge is 0.497 e. The third kappa shape index (κ3) is 4.36. The van der Waals surface area contributed by atoms with Crippen molar-refractivity contribution in [3.05, 3.63) is 89.4 Å². The normalized spacial score (nSPS) is 11.0. The standard InChI is InChI=1S/C26H22N4O2S/c1-17-13-24(28-25(31)15-19-9-5-8-18-7-3-4-12-22(18)19)30(29-17)26-27-23(16-33-26)20-10-6-11-21(14-20)32-2/h3-14,16H,15H2,1-2H3,(H,28,31). The summed E-state index contributed by atoms with van der Waals surface area (Å²) in [7, 11) is 1.64. The van der Waals surface area contributed by atoms with Crippen molar-refractivity contribution < 1.29 is 9.53 Å². The molecule has 0 bridgehead atoms. The smallest absolute Gasteiger partial charge is 0.229 e. The van der Waals surface area contributed by atoms with E-state index >= 15 is 0 Å². The molecule has 2 heterocycles. The average molecular weight is 455 g/mol. The van der Waals surface area contributed by atoms with Gasteiger partial charge in [0.05, 0.1) is 24.9 Å². The van der Waals surface area contributed by atoms with Crippen LogP contribution in [0, 0.1) is 6.92 Å². The number of rotatable bonds is 6. The van der Waals surface area contributed by atoms with E-state index in [2.05, 4.69) is 22.5 Å². The van der Waals surface area contributed by atoms with Crippen LogP contribution in [0.3, 0.4) is 0 Å². The van der Waals surface area contributed by atoms with Gasteiger partial charge in [-0.25, -0.2) is 4.98 Å². The average Bonchev–Trinajstić information content (AvgIpc) is 3.46. The van der Waals surface area contributed by atoms with Crippen LogP contribution in [0.5, 0.6) is 5.75 Å². The van der Waals surface area contributed by atoms with Crippen molar-refractivity contribution in [2.45, 2.75) is 13.3 Å². The van der Waals surface area contributed by atoms with Gasteiger partial charge in [-0.1, -0.05) is 54.6 Å². The molecule has 0 unspecified atom stereocenters. The molecule has 6 nitrogen and oxygen atoms in total. The molecule has 5 aromatic rings. The molecule has 0 aliphatic carbocycles. The van der Waals surface area contributed by atoms with Crippen molar-refractivity contribution in [3.8, 4) is 22.1 Å². The number of carbonyl (C=O) groups excluding carboxylic acids is 1. The van der Waals surface area contributed by atoms with Gasteiger partial charge in [0.25, 0.3) is 0 Å².